The van der Waals surface area contributed by atoms with Gasteiger partial charge in [0, 0.05) is 37.6 Å². The van der Waals surface area contributed by atoms with Crippen molar-refractivity contribution in [2.75, 3.05) is 39.4 Å². The van der Waals surface area contributed by atoms with Crippen molar-refractivity contribution in [3.63, 3.8) is 0 Å². The number of carbonyl (C=O) groups excluding carboxylic acids is 2. The minimum atomic E-state index is -1.07. The Hall–Kier alpha value is -3.44. The van der Waals surface area contributed by atoms with Crippen LogP contribution in [0.2, 0.25) is 0 Å². The number of imidazole rings is 1. The SMILES string of the molecule is CC(C)CN(C(=O)c1nc2ccccc2n1CCc1cccs1)[C@H]1C[C@@H](C(=O)N2CCOCC2)CN(C(=O)O)C1C(C)(C)C. The van der Waals surface area contributed by atoms with Gasteiger partial charge in [-0.05, 0) is 47.8 Å². The lowest BCUT2D eigenvalue weighted by Gasteiger charge is -2.52. The second-order valence-electron chi connectivity index (χ2n) is 13.4. The summed E-state index contributed by atoms with van der Waals surface area (Å²) in [5.74, 6) is -0.410. The van der Waals surface area contributed by atoms with Crippen molar-refractivity contribution in [1.82, 2.24) is 24.3 Å². The maximum absolute atomic E-state index is 14.8. The van der Waals surface area contributed by atoms with Crippen LogP contribution in [0.5, 0.6) is 0 Å². The molecule has 2 aliphatic rings. The Kier molecular flexibility index (Phi) is 9.65. The third-order valence-electron chi connectivity index (χ3n) is 8.68. The molecule has 1 unspecified atom stereocenters. The van der Waals surface area contributed by atoms with E-state index < -0.39 is 29.5 Å². The Labute approximate surface area is 263 Å². The fraction of sp³-hybridized carbons (Fsp3) is 0.576. The molecule has 44 heavy (non-hydrogen) atoms. The van der Waals surface area contributed by atoms with Crippen LogP contribution in [-0.4, -0.2) is 98.7 Å². The monoisotopic (exact) mass is 623 g/mol. The fourth-order valence-electron chi connectivity index (χ4n) is 6.85. The highest BCUT2D eigenvalue weighted by Crippen LogP contribution is 2.38. The number of piperidine rings is 1. The van der Waals surface area contributed by atoms with Crippen LogP contribution in [0.3, 0.4) is 0 Å². The van der Waals surface area contributed by atoms with Gasteiger partial charge in [0.25, 0.3) is 5.91 Å². The van der Waals surface area contributed by atoms with Gasteiger partial charge >= 0.3 is 6.09 Å². The molecule has 0 saturated carbocycles. The molecular weight excluding hydrogens is 578 g/mol. The third-order valence-corrected chi connectivity index (χ3v) is 9.62. The molecule has 0 bridgehead atoms. The lowest BCUT2D eigenvalue weighted by Crippen LogP contribution is -2.66. The van der Waals surface area contributed by atoms with Crippen LogP contribution in [0, 0.1) is 17.3 Å². The van der Waals surface area contributed by atoms with Gasteiger partial charge in [-0.1, -0.05) is 52.8 Å². The molecule has 3 amide bonds. The highest BCUT2D eigenvalue weighted by atomic mass is 32.1. The molecule has 238 valence electrons. The number of thiophene rings is 1. The van der Waals surface area contributed by atoms with E-state index in [-0.39, 0.29) is 24.3 Å². The molecule has 4 heterocycles. The molecular formula is C33H45N5O5S. The largest absolute Gasteiger partial charge is 0.465 e. The summed E-state index contributed by atoms with van der Waals surface area (Å²) in [6.07, 6.45) is 0.0735. The standard InChI is InChI=1S/C33H45N5O5S/c1-22(2)20-37(31(40)29-34-25-10-6-7-11-26(25)36(29)13-12-24-9-8-18-44-24)27-19-23(30(39)35-14-16-43-17-15-35)21-38(32(41)42)28(27)33(3,4)5/h6-11,18,22-23,27-28H,12-17,19-21H2,1-5H3,(H,41,42)/t23-,27+,28?/m1/s1. The highest BCUT2D eigenvalue weighted by molar-refractivity contribution is 7.09. The molecule has 2 aliphatic heterocycles. The van der Waals surface area contributed by atoms with E-state index >= 15 is 0 Å². The predicted octanol–water partition coefficient (Wildman–Crippen LogP) is 5.08. The van der Waals surface area contributed by atoms with Crippen molar-refractivity contribution >= 4 is 40.3 Å². The van der Waals surface area contributed by atoms with Gasteiger partial charge in [0.1, 0.15) is 0 Å². The van der Waals surface area contributed by atoms with E-state index in [1.54, 1.807) is 16.2 Å². The summed E-state index contributed by atoms with van der Waals surface area (Å²) in [5, 5.41) is 12.5. The molecule has 1 aromatic carbocycles. The lowest BCUT2D eigenvalue weighted by atomic mass is 9.74. The number of aryl methyl sites for hydroxylation is 2. The lowest BCUT2D eigenvalue weighted by molar-refractivity contribution is -0.144. The summed E-state index contributed by atoms with van der Waals surface area (Å²) in [4.78, 5) is 52.6. The van der Waals surface area contributed by atoms with Crippen molar-refractivity contribution in [3.05, 3.63) is 52.5 Å². The van der Waals surface area contributed by atoms with E-state index in [1.165, 1.54) is 9.78 Å². The van der Waals surface area contributed by atoms with Gasteiger partial charge in [-0.15, -0.1) is 11.3 Å². The first-order valence-electron chi connectivity index (χ1n) is 15.6. The molecule has 0 radical (unpaired) electrons. The van der Waals surface area contributed by atoms with E-state index in [1.807, 2.05) is 60.6 Å². The first-order valence-corrected chi connectivity index (χ1v) is 16.5. The smallest absolute Gasteiger partial charge is 0.407 e. The van der Waals surface area contributed by atoms with Crippen LogP contribution in [0.4, 0.5) is 4.79 Å². The minimum Gasteiger partial charge on any atom is -0.465 e. The number of para-hydroxylation sites is 2. The van der Waals surface area contributed by atoms with Crippen molar-refractivity contribution < 1.29 is 24.2 Å². The number of fused-ring (bicyclic) bond motifs is 1. The maximum atomic E-state index is 14.8. The van der Waals surface area contributed by atoms with Crippen molar-refractivity contribution in [2.45, 2.75) is 66.1 Å². The maximum Gasteiger partial charge on any atom is 0.407 e. The molecule has 0 spiro atoms. The first kappa shape index (κ1) is 32.0. The Balaban J connectivity index is 1.57. The minimum absolute atomic E-state index is 0.0722. The van der Waals surface area contributed by atoms with Crippen LogP contribution in [-0.2, 0) is 22.5 Å². The Morgan fingerprint density at radius 3 is 2.48 bits per heavy atom. The molecule has 3 aromatic rings. The van der Waals surface area contributed by atoms with Crippen LogP contribution in [0.15, 0.2) is 41.8 Å². The molecule has 3 atom stereocenters. The first-order chi connectivity index (χ1) is 21.0. The van der Waals surface area contributed by atoms with Gasteiger partial charge in [-0.2, -0.15) is 0 Å². The van der Waals surface area contributed by atoms with Crippen LogP contribution < -0.4 is 0 Å². The van der Waals surface area contributed by atoms with Gasteiger partial charge in [0.05, 0.1) is 42.2 Å². The van der Waals surface area contributed by atoms with Gasteiger partial charge in [0.2, 0.25) is 5.91 Å². The van der Waals surface area contributed by atoms with Crippen LogP contribution in [0.25, 0.3) is 11.0 Å². The van der Waals surface area contributed by atoms with E-state index in [2.05, 4.69) is 25.3 Å². The van der Waals surface area contributed by atoms with Gasteiger partial charge < -0.3 is 29.1 Å². The molecule has 2 aromatic heterocycles. The molecule has 2 saturated heterocycles. The molecule has 1 N–H and O–H groups in total. The summed E-state index contributed by atoms with van der Waals surface area (Å²) in [6.45, 7) is 13.2. The molecule has 5 rings (SSSR count). The van der Waals surface area contributed by atoms with Crippen LogP contribution in [0.1, 0.15) is 56.5 Å². The highest BCUT2D eigenvalue weighted by Gasteiger charge is 2.50. The number of benzene rings is 1. The number of aromatic nitrogens is 2. The van der Waals surface area contributed by atoms with Crippen molar-refractivity contribution in [3.8, 4) is 0 Å². The summed E-state index contributed by atoms with van der Waals surface area (Å²) in [7, 11) is 0. The molecule has 11 heteroatoms. The number of hydrogen-bond donors (Lipinski definition) is 1. The number of carbonyl (C=O) groups is 3. The molecule has 2 fully saturated rings. The van der Waals surface area contributed by atoms with Crippen molar-refractivity contribution in [1.29, 1.82) is 0 Å². The summed E-state index contributed by atoms with van der Waals surface area (Å²) < 4.78 is 7.47. The Bertz CT molecular complexity index is 1460. The Morgan fingerprint density at radius 2 is 1.84 bits per heavy atom. The normalized spacial score (nSPS) is 21.2. The number of hydrogen-bond acceptors (Lipinski definition) is 6. The van der Waals surface area contributed by atoms with E-state index in [4.69, 9.17) is 9.72 Å². The third kappa shape index (κ3) is 6.78. The topological polar surface area (TPSA) is 108 Å². The zero-order chi connectivity index (χ0) is 31.6. The summed E-state index contributed by atoms with van der Waals surface area (Å²) in [5.41, 5.74) is 1.14. The second kappa shape index (κ2) is 13.3. The van der Waals surface area contributed by atoms with E-state index in [9.17, 15) is 19.5 Å². The molecule has 0 aliphatic carbocycles. The quantitative estimate of drug-likeness (QED) is 0.375. The number of ether oxygens (including phenoxy) is 1. The fourth-order valence-corrected chi connectivity index (χ4v) is 7.54. The van der Waals surface area contributed by atoms with Gasteiger partial charge in [-0.25, -0.2) is 9.78 Å². The number of morpholine rings is 1. The number of likely N-dealkylation sites (tertiary alicyclic amines) is 1. The van der Waals surface area contributed by atoms with Crippen molar-refractivity contribution in [2.24, 2.45) is 17.3 Å². The van der Waals surface area contributed by atoms with Gasteiger partial charge in [-0.3, -0.25) is 9.59 Å². The van der Waals surface area contributed by atoms with E-state index in [0.717, 1.165) is 17.5 Å². The number of nitrogens with zero attached hydrogens (tertiary/aromatic N) is 5. The number of rotatable bonds is 8. The zero-order valence-corrected chi connectivity index (χ0v) is 27.3. The molecule has 10 nitrogen and oxygen atoms in total. The average molecular weight is 624 g/mol. The Morgan fingerprint density at radius 1 is 1.11 bits per heavy atom. The summed E-state index contributed by atoms with van der Waals surface area (Å²) >= 11 is 1.69. The van der Waals surface area contributed by atoms with Gasteiger partial charge in [0.15, 0.2) is 5.82 Å². The summed E-state index contributed by atoms with van der Waals surface area (Å²) in [6, 6.07) is 10.9. The average Bonchev–Trinajstić information content (AvgIpc) is 3.65. The predicted molar refractivity (Wildman–Crippen MR) is 171 cm³/mol. The number of carboxylic acid groups (broad SMARTS) is 1. The zero-order valence-electron chi connectivity index (χ0n) is 26.4. The second-order valence-corrected chi connectivity index (χ2v) is 14.5. The van der Waals surface area contributed by atoms with E-state index in [0.29, 0.717) is 51.6 Å². The number of amides is 3. The van der Waals surface area contributed by atoms with Crippen LogP contribution >= 0.6 is 11.3 Å².